The number of likely N-dealkylation sites (N-methyl/N-ethyl adjacent to an activating group) is 1. The van der Waals surface area contributed by atoms with E-state index in [4.69, 9.17) is 4.74 Å². The van der Waals surface area contributed by atoms with Crippen molar-refractivity contribution in [1.82, 2.24) is 14.8 Å². The number of aliphatic imine (C=N–C) groups is 1. The number of hydrogen-bond donors (Lipinski definition) is 0. The van der Waals surface area contributed by atoms with Gasteiger partial charge in [-0.3, -0.25) is 9.78 Å². The van der Waals surface area contributed by atoms with Crippen molar-refractivity contribution in [2.75, 3.05) is 64.4 Å². The van der Waals surface area contributed by atoms with Gasteiger partial charge >= 0.3 is 0 Å². The van der Waals surface area contributed by atoms with Crippen LogP contribution in [0.1, 0.15) is 11.1 Å². The summed E-state index contributed by atoms with van der Waals surface area (Å²) >= 11 is 1.45. The number of aryl methyl sites for hydroxylation is 1. The molecule has 8 heteroatoms. The molecule has 0 bridgehead atoms. The van der Waals surface area contributed by atoms with E-state index in [9.17, 15) is 4.79 Å². The Balaban J connectivity index is 1.28. The van der Waals surface area contributed by atoms with E-state index in [-0.39, 0.29) is 5.91 Å². The maximum atomic E-state index is 12.6. The molecule has 1 amide bonds. The first-order valence-electron chi connectivity index (χ1n) is 12.8. The number of pyridine rings is 1. The number of ether oxygens (including phenoxy) is 1. The highest BCUT2D eigenvalue weighted by Gasteiger charge is 2.27. The first-order valence-corrected chi connectivity index (χ1v) is 13.7. The van der Waals surface area contributed by atoms with Crippen LogP contribution in [0.15, 0.2) is 58.6 Å². The highest BCUT2D eigenvalue weighted by molar-refractivity contribution is 8.18. The van der Waals surface area contributed by atoms with Crippen molar-refractivity contribution in [1.29, 1.82) is 0 Å². The lowest BCUT2D eigenvalue weighted by Crippen LogP contribution is -2.44. The quantitative estimate of drug-likeness (QED) is 0.485. The van der Waals surface area contributed by atoms with Crippen LogP contribution >= 0.6 is 11.8 Å². The summed E-state index contributed by atoms with van der Waals surface area (Å²) in [5.41, 5.74) is 6.84. The molecule has 0 radical (unpaired) electrons. The smallest absolute Gasteiger partial charge is 0.286 e. The topological polar surface area (TPSA) is 61.3 Å². The zero-order valence-electron chi connectivity index (χ0n) is 21.3. The number of aromatic nitrogens is 1. The van der Waals surface area contributed by atoms with Crippen LogP contribution in [-0.2, 0) is 9.53 Å². The number of carbonyl (C=O) groups excluding carboxylic acids is 1. The van der Waals surface area contributed by atoms with Crippen LogP contribution in [-0.4, -0.2) is 85.4 Å². The second-order valence-corrected chi connectivity index (χ2v) is 10.8. The zero-order chi connectivity index (χ0) is 25.4. The van der Waals surface area contributed by atoms with E-state index >= 15 is 0 Å². The molecule has 3 aliphatic rings. The summed E-state index contributed by atoms with van der Waals surface area (Å²) in [5.74, 6) is -0.173. The van der Waals surface area contributed by atoms with Gasteiger partial charge in [-0.1, -0.05) is 12.1 Å². The summed E-state index contributed by atoms with van der Waals surface area (Å²) in [4.78, 5) is 29.2. The Hall–Kier alpha value is -3.20. The van der Waals surface area contributed by atoms with Crippen LogP contribution in [0.25, 0.3) is 28.1 Å². The molecule has 37 heavy (non-hydrogen) atoms. The number of carbonyl (C=O) groups is 1. The summed E-state index contributed by atoms with van der Waals surface area (Å²) in [6, 6.07) is 15.0. The summed E-state index contributed by atoms with van der Waals surface area (Å²) in [6.07, 6.45) is 3.82. The van der Waals surface area contributed by atoms with Crippen molar-refractivity contribution in [3.63, 3.8) is 0 Å². The van der Waals surface area contributed by atoms with Crippen LogP contribution in [0.3, 0.4) is 0 Å². The number of anilines is 1. The molecule has 0 spiro atoms. The summed E-state index contributed by atoms with van der Waals surface area (Å²) < 4.78 is 5.43. The highest BCUT2D eigenvalue weighted by Crippen LogP contribution is 2.34. The molecule has 0 saturated carbocycles. The van der Waals surface area contributed by atoms with Crippen LogP contribution in [0.4, 0.5) is 5.69 Å². The number of hydrogen-bond acceptors (Lipinski definition) is 7. The fraction of sp³-hybridized carbons (Fsp3) is 0.345. The molecule has 0 aliphatic carbocycles. The molecule has 2 saturated heterocycles. The minimum Gasteiger partial charge on any atom is -0.378 e. The van der Waals surface area contributed by atoms with Crippen molar-refractivity contribution >= 4 is 45.5 Å². The molecular formula is C29H31N5O2S. The van der Waals surface area contributed by atoms with E-state index < -0.39 is 0 Å². The van der Waals surface area contributed by atoms with Gasteiger partial charge in [-0.25, -0.2) is 0 Å². The summed E-state index contributed by atoms with van der Waals surface area (Å²) in [7, 11) is 2.18. The first kappa shape index (κ1) is 24.2. The first-order chi connectivity index (χ1) is 18.0. The standard InChI is InChI=1S/C29H31N5O2S/c1-20-17-22(4-6-26(20)33-11-9-32(2)10-12-33)23-7-8-30-25-5-3-21(18-24(23)25)19-27-28(35)31-29(37-27)34-13-15-36-16-14-34/h3-8,17-19H,9-16H2,1-2H3. The monoisotopic (exact) mass is 513 g/mol. The number of piperazine rings is 1. The maximum Gasteiger partial charge on any atom is 0.286 e. The van der Waals surface area contributed by atoms with Crippen molar-refractivity contribution in [2.24, 2.45) is 4.99 Å². The van der Waals surface area contributed by atoms with Crippen molar-refractivity contribution in [2.45, 2.75) is 6.92 Å². The molecular weight excluding hydrogens is 482 g/mol. The van der Waals surface area contributed by atoms with E-state index in [2.05, 4.69) is 69.0 Å². The third-order valence-electron chi connectivity index (χ3n) is 7.31. The van der Waals surface area contributed by atoms with Gasteiger partial charge < -0.3 is 19.4 Å². The summed E-state index contributed by atoms with van der Waals surface area (Å²) in [5, 5.41) is 1.85. The van der Waals surface area contributed by atoms with Crippen LogP contribution < -0.4 is 4.90 Å². The van der Waals surface area contributed by atoms with Gasteiger partial charge in [0.1, 0.15) is 0 Å². The van der Waals surface area contributed by atoms with Gasteiger partial charge in [-0.05, 0) is 84.4 Å². The molecule has 6 rings (SSSR count). The van der Waals surface area contributed by atoms with Crippen molar-refractivity contribution in [3.8, 4) is 11.1 Å². The van der Waals surface area contributed by atoms with Gasteiger partial charge in [0.05, 0.1) is 23.6 Å². The fourth-order valence-electron chi connectivity index (χ4n) is 5.17. The SMILES string of the molecule is Cc1cc(-c2ccnc3ccc(C=C4SC(N5CCOCC5)=NC4=O)cc23)ccc1N1CCN(C)CC1. The minimum absolute atomic E-state index is 0.173. The third kappa shape index (κ3) is 5.01. The van der Waals surface area contributed by atoms with Crippen molar-refractivity contribution < 1.29 is 9.53 Å². The molecule has 4 heterocycles. The number of thioether (sulfide) groups is 1. The Morgan fingerprint density at radius 3 is 2.54 bits per heavy atom. The van der Waals surface area contributed by atoms with E-state index in [1.54, 1.807) is 0 Å². The molecule has 2 fully saturated rings. The lowest BCUT2D eigenvalue weighted by Gasteiger charge is -2.35. The molecule has 0 N–H and O–H groups in total. The molecule has 2 aromatic carbocycles. The predicted molar refractivity (Wildman–Crippen MR) is 152 cm³/mol. The van der Waals surface area contributed by atoms with Gasteiger partial charge in [-0.2, -0.15) is 4.99 Å². The van der Waals surface area contributed by atoms with Gasteiger partial charge in [-0.15, -0.1) is 0 Å². The Morgan fingerprint density at radius 1 is 0.946 bits per heavy atom. The molecule has 190 valence electrons. The second-order valence-electron chi connectivity index (χ2n) is 9.84. The Kier molecular flexibility index (Phi) is 6.71. The lowest BCUT2D eigenvalue weighted by atomic mass is 9.97. The lowest BCUT2D eigenvalue weighted by molar-refractivity contribution is -0.113. The minimum atomic E-state index is -0.173. The normalized spacial score (nSPS) is 20.2. The largest absolute Gasteiger partial charge is 0.378 e. The Labute approximate surface area is 221 Å². The average Bonchev–Trinajstić information content (AvgIpc) is 3.29. The van der Waals surface area contributed by atoms with Crippen molar-refractivity contribution in [3.05, 3.63) is 64.7 Å². The highest BCUT2D eigenvalue weighted by atomic mass is 32.2. The van der Waals surface area contributed by atoms with E-state index in [0.29, 0.717) is 18.1 Å². The van der Waals surface area contributed by atoms with E-state index in [1.165, 1.54) is 28.6 Å². The molecule has 7 nitrogen and oxygen atoms in total. The molecule has 0 unspecified atom stereocenters. The zero-order valence-corrected chi connectivity index (χ0v) is 22.1. The van der Waals surface area contributed by atoms with Gasteiger partial charge in [0.25, 0.3) is 5.91 Å². The number of rotatable bonds is 3. The number of benzene rings is 2. The number of amides is 1. The van der Waals surface area contributed by atoms with Gasteiger partial charge in [0.15, 0.2) is 5.17 Å². The van der Waals surface area contributed by atoms with Crippen LogP contribution in [0, 0.1) is 6.92 Å². The van der Waals surface area contributed by atoms with Gasteiger partial charge in [0.2, 0.25) is 0 Å². The number of amidine groups is 1. The molecule has 3 aliphatic heterocycles. The van der Waals surface area contributed by atoms with E-state index in [1.807, 2.05) is 24.4 Å². The van der Waals surface area contributed by atoms with Crippen LogP contribution in [0.5, 0.6) is 0 Å². The number of fused-ring (bicyclic) bond motifs is 1. The summed E-state index contributed by atoms with van der Waals surface area (Å²) in [6.45, 7) is 9.37. The third-order valence-corrected chi connectivity index (χ3v) is 8.35. The predicted octanol–water partition coefficient (Wildman–Crippen LogP) is 4.26. The molecule has 3 aromatic rings. The fourth-order valence-corrected chi connectivity index (χ4v) is 6.13. The van der Waals surface area contributed by atoms with Crippen LogP contribution in [0.2, 0.25) is 0 Å². The van der Waals surface area contributed by atoms with E-state index in [0.717, 1.165) is 66.5 Å². The number of morpholine rings is 1. The molecule has 0 atom stereocenters. The van der Waals surface area contributed by atoms with Gasteiger partial charge in [0, 0.05) is 56.5 Å². The average molecular weight is 514 g/mol. The maximum absolute atomic E-state index is 12.6. The number of nitrogens with zero attached hydrogens (tertiary/aromatic N) is 5. The Bertz CT molecular complexity index is 1400. The Morgan fingerprint density at radius 2 is 1.76 bits per heavy atom. The second kappa shape index (κ2) is 10.3. The molecule has 1 aromatic heterocycles.